The molecule has 5 nitrogen and oxygen atoms in total. The van der Waals surface area contributed by atoms with Gasteiger partial charge in [0.1, 0.15) is 5.82 Å². The summed E-state index contributed by atoms with van der Waals surface area (Å²) >= 11 is 0. The molecule has 0 radical (unpaired) electrons. The standard InChI is InChI=1S/C5H10N4O/c6-4-3(1-2-10)5(7)9-8-4/h10H,1-2H2,(H5,6,7,8,9). The van der Waals surface area contributed by atoms with Crippen LogP contribution in [0.25, 0.3) is 0 Å². The SMILES string of the molecule is Nc1n[nH]c(N)c1CCO. The number of nitrogens with zero attached hydrogens (tertiary/aromatic N) is 1. The Morgan fingerprint density at radius 2 is 2.20 bits per heavy atom. The topological polar surface area (TPSA) is 101 Å². The van der Waals surface area contributed by atoms with Crippen molar-refractivity contribution in [1.82, 2.24) is 10.2 Å². The van der Waals surface area contributed by atoms with Crippen molar-refractivity contribution in [3.63, 3.8) is 0 Å². The van der Waals surface area contributed by atoms with Gasteiger partial charge in [-0.3, -0.25) is 5.10 Å². The minimum atomic E-state index is 0.0356. The molecule has 0 bridgehead atoms. The van der Waals surface area contributed by atoms with E-state index in [2.05, 4.69) is 10.2 Å². The van der Waals surface area contributed by atoms with E-state index in [1.54, 1.807) is 0 Å². The van der Waals surface area contributed by atoms with Crippen molar-refractivity contribution in [1.29, 1.82) is 0 Å². The van der Waals surface area contributed by atoms with Crippen molar-refractivity contribution in [2.75, 3.05) is 18.1 Å². The van der Waals surface area contributed by atoms with Crippen LogP contribution in [-0.4, -0.2) is 21.9 Å². The summed E-state index contributed by atoms with van der Waals surface area (Å²) in [5.41, 5.74) is 11.5. The second kappa shape index (κ2) is 2.57. The predicted molar refractivity (Wildman–Crippen MR) is 38.2 cm³/mol. The lowest BCUT2D eigenvalue weighted by atomic mass is 10.2. The average molecular weight is 142 g/mol. The molecule has 0 spiro atoms. The molecule has 1 heterocycles. The highest BCUT2D eigenvalue weighted by Gasteiger charge is 2.05. The van der Waals surface area contributed by atoms with E-state index < -0.39 is 0 Å². The molecule has 6 N–H and O–H groups in total. The van der Waals surface area contributed by atoms with Gasteiger partial charge in [0.25, 0.3) is 0 Å². The first-order chi connectivity index (χ1) is 4.75. The van der Waals surface area contributed by atoms with Crippen LogP contribution in [-0.2, 0) is 6.42 Å². The molecular weight excluding hydrogens is 132 g/mol. The smallest absolute Gasteiger partial charge is 0.150 e. The third-order valence-corrected chi connectivity index (χ3v) is 1.29. The molecule has 1 rings (SSSR count). The number of nitrogens with one attached hydrogen (secondary N) is 1. The number of hydrogen-bond donors (Lipinski definition) is 4. The summed E-state index contributed by atoms with van der Waals surface area (Å²) < 4.78 is 0. The van der Waals surface area contributed by atoms with Crippen LogP contribution in [0.3, 0.4) is 0 Å². The van der Waals surface area contributed by atoms with Crippen molar-refractivity contribution < 1.29 is 5.11 Å². The van der Waals surface area contributed by atoms with E-state index in [-0.39, 0.29) is 6.61 Å². The number of nitrogens with two attached hydrogens (primary N) is 2. The van der Waals surface area contributed by atoms with Crippen LogP contribution in [0.15, 0.2) is 0 Å². The Bertz CT molecular complexity index is 200. The highest BCUT2D eigenvalue weighted by atomic mass is 16.2. The van der Waals surface area contributed by atoms with Gasteiger partial charge in [0.15, 0.2) is 5.82 Å². The van der Waals surface area contributed by atoms with Crippen LogP contribution in [0.5, 0.6) is 0 Å². The molecule has 0 saturated carbocycles. The van der Waals surface area contributed by atoms with Gasteiger partial charge in [0.05, 0.1) is 0 Å². The van der Waals surface area contributed by atoms with E-state index in [1.165, 1.54) is 0 Å². The molecule has 0 amide bonds. The zero-order valence-corrected chi connectivity index (χ0v) is 5.46. The fraction of sp³-hybridized carbons (Fsp3) is 0.400. The van der Waals surface area contributed by atoms with Gasteiger partial charge in [-0.25, -0.2) is 0 Å². The Hall–Kier alpha value is -1.23. The molecule has 56 valence electrons. The first-order valence-electron chi connectivity index (χ1n) is 2.94. The largest absolute Gasteiger partial charge is 0.396 e. The highest BCUT2D eigenvalue weighted by Crippen LogP contribution is 2.14. The number of rotatable bonds is 2. The lowest BCUT2D eigenvalue weighted by molar-refractivity contribution is 0.300. The van der Waals surface area contributed by atoms with E-state index in [4.69, 9.17) is 16.6 Å². The number of aromatic nitrogens is 2. The summed E-state index contributed by atoms with van der Waals surface area (Å²) in [7, 11) is 0. The molecule has 0 aromatic carbocycles. The summed E-state index contributed by atoms with van der Waals surface area (Å²) in [6, 6.07) is 0. The molecule has 0 unspecified atom stereocenters. The minimum absolute atomic E-state index is 0.0356. The number of aliphatic hydroxyl groups excluding tert-OH is 1. The number of aliphatic hydroxyl groups is 1. The zero-order valence-electron chi connectivity index (χ0n) is 5.46. The number of nitrogen functional groups attached to an aromatic ring is 2. The van der Waals surface area contributed by atoms with Gasteiger partial charge in [-0.1, -0.05) is 0 Å². The van der Waals surface area contributed by atoms with Gasteiger partial charge in [-0.2, -0.15) is 5.10 Å². The third-order valence-electron chi connectivity index (χ3n) is 1.29. The van der Waals surface area contributed by atoms with Gasteiger partial charge < -0.3 is 16.6 Å². The summed E-state index contributed by atoms with van der Waals surface area (Å²) in [5, 5.41) is 14.7. The van der Waals surface area contributed by atoms with E-state index in [1.807, 2.05) is 0 Å². The second-order valence-electron chi connectivity index (χ2n) is 1.97. The third kappa shape index (κ3) is 1.03. The number of hydrogen-bond acceptors (Lipinski definition) is 4. The van der Waals surface area contributed by atoms with Crippen molar-refractivity contribution in [3.05, 3.63) is 5.56 Å². The molecular formula is C5H10N4O. The molecule has 0 aliphatic rings. The first kappa shape index (κ1) is 6.88. The molecule has 0 atom stereocenters. The van der Waals surface area contributed by atoms with Gasteiger partial charge in [-0.15, -0.1) is 0 Å². The fourth-order valence-electron chi connectivity index (χ4n) is 0.768. The Morgan fingerprint density at radius 3 is 2.60 bits per heavy atom. The molecule has 1 aromatic heterocycles. The maximum absolute atomic E-state index is 8.53. The summed E-state index contributed by atoms with van der Waals surface area (Å²) in [4.78, 5) is 0. The summed E-state index contributed by atoms with van der Waals surface area (Å²) in [6.07, 6.45) is 0.453. The summed E-state index contributed by atoms with van der Waals surface area (Å²) in [5.74, 6) is 0.804. The molecule has 10 heavy (non-hydrogen) atoms. The maximum atomic E-state index is 8.53. The number of anilines is 2. The monoisotopic (exact) mass is 142 g/mol. The molecule has 0 aliphatic heterocycles. The van der Waals surface area contributed by atoms with Crippen LogP contribution in [0.1, 0.15) is 5.56 Å². The second-order valence-corrected chi connectivity index (χ2v) is 1.97. The molecule has 0 aliphatic carbocycles. The quantitative estimate of drug-likeness (QED) is 0.430. The van der Waals surface area contributed by atoms with Crippen molar-refractivity contribution in [2.45, 2.75) is 6.42 Å². The van der Waals surface area contributed by atoms with Crippen LogP contribution < -0.4 is 11.5 Å². The highest BCUT2D eigenvalue weighted by molar-refractivity contribution is 5.52. The molecule has 0 saturated heterocycles. The van der Waals surface area contributed by atoms with Gasteiger partial charge in [0.2, 0.25) is 0 Å². The normalized spacial score (nSPS) is 10.1. The molecule has 0 fully saturated rings. The first-order valence-corrected chi connectivity index (χ1v) is 2.94. The van der Waals surface area contributed by atoms with Crippen LogP contribution >= 0.6 is 0 Å². The van der Waals surface area contributed by atoms with E-state index in [0.717, 1.165) is 0 Å². The van der Waals surface area contributed by atoms with Gasteiger partial charge >= 0.3 is 0 Å². The molecule has 5 heteroatoms. The average Bonchev–Trinajstić information content (AvgIpc) is 2.20. The Kier molecular flexibility index (Phi) is 1.77. The van der Waals surface area contributed by atoms with Crippen molar-refractivity contribution in [3.8, 4) is 0 Å². The Morgan fingerprint density at radius 1 is 1.50 bits per heavy atom. The lowest BCUT2D eigenvalue weighted by Gasteiger charge is -1.94. The van der Waals surface area contributed by atoms with Gasteiger partial charge in [0, 0.05) is 18.6 Å². The predicted octanol–water partition coefficient (Wildman–Crippen LogP) is -0.891. The lowest BCUT2D eigenvalue weighted by Crippen LogP contribution is -1.98. The van der Waals surface area contributed by atoms with Crippen LogP contribution in [0.4, 0.5) is 11.6 Å². The Labute approximate surface area is 58.0 Å². The van der Waals surface area contributed by atoms with E-state index >= 15 is 0 Å². The maximum Gasteiger partial charge on any atom is 0.150 e. The van der Waals surface area contributed by atoms with E-state index in [0.29, 0.717) is 23.6 Å². The van der Waals surface area contributed by atoms with E-state index in [9.17, 15) is 0 Å². The summed E-state index contributed by atoms with van der Waals surface area (Å²) in [6.45, 7) is 0.0356. The van der Waals surface area contributed by atoms with Crippen molar-refractivity contribution in [2.24, 2.45) is 0 Å². The van der Waals surface area contributed by atoms with Crippen LogP contribution in [0.2, 0.25) is 0 Å². The number of H-pyrrole nitrogens is 1. The molecule has 1 aromatic rings. The minimum Gasteiger partial charge on any atom is -0.396 e. The fourth-order valence-corrected chi connectivity index (χ4v) is 0.768. The van der Waals surface area contributed by atoms with Gasteiger partial charge in [-0.05, 0) is 0 Å². The van der Waals surface area contributed by atoms with Crippen molar-refractivity contribution >= 4 is 11.6 Å². The zero-order chi connectivity index (χ0) is 7.56. The van der Waals surface area contributed by atoms with Crippen LogP contribution in [0, 0.1) is 0 Å². The number of aromatic amines is 1. The Balaban J connectivity index is 2.87.